The van der Waals surface area contributed by atoms with Gasteiger partial charge in [-0.05, 0) is 50.5 Å². The van der Waals surface area contributed by atoms with Crippen LogP contribution in [0.3, 0.4) is 0 Å². The first kappa shape index (κ1) is 16.9. The summed E-state index contributed by atoms with van der Waals surface area (Å²) < 4.78 is 18.0. The first-order chi connectivity index (χ1) is 9.61. The number of carboxylic acids is 1. The first-order valence-electron chi connectivity index (χ1n) is 6.38. The fourth-order valence-electron chi connectivity index (χ4n) is 1.55. The van der Waals surface area contributed by atoms with E-state index in [0.29, 0.717) is 12.0 Å². The van der Waals surface area contributed by atoms with E-state index in [1.807, 2.05) is 0 Å². The molecule has 0 amide bonds. The van der Waals surface area contributed by atoms with Crippen molar-refractivity contribution in [2.45, 2.75) is 32.8 Å². The highest BCUT2D eigenvalue weighted by atomic mass is 19.1. The molecular weight excluding hydrogens is 275 g/mol. The summed E-state index contributed by atoms with van der Waals surface area (Å²) >= 11 is 0. The first-order valence-corrected chi connectivity index (χ1v) is 6.38. The Balaban J connectivity index is 2.99. The Hall–Kier alpha value is -2.14. The predicted molar refractivity (Wildman–Crippen MR) is 77.0 cm³/mol. The molecule has 0 bridgehead atoms. The molecule has 1 rings (SSSR count). The van der Waals surface area contributed by atoms with E-state index in [0.717, 1.165) is 5.56 Å². The van der Waals surface area contributed by atoms with E-state index in [2.05, 4.69) is 6.58 Å². The minimum atomic E-state index is -1.35. The maximum atomic E-state index is 12.8. The van der Waals surface area contributed by atoms with Crippen LogP contribution in [0.15, 0.2) is 47.9 Å². The molecule has 0 aliphatic heterocycles. The molecule has 0 atom stereocenters. The van der Waals surface area contributed by atoms with Crippen molar-refractivity contribution in [2.24, 2.45) is 0 Å². The summed E-state index contributed by atoms with van der Waals surface area (Å²) in [7, 11) is 0. The number of allylic oxidation sites excluding steroid dienone is 1. The average Bonchev–Trinajstić information content (AvgIpc) is 2.36. The van der Waals surface area contributed by atoms with Crippen molar-refractivity contribution in [3.63, 3.8) is 0 Å². The highest BCUT2D eigenvalue weighted by Crippen LogP contribution is 2.22. The molecule has 0 aliphatic rings. The van der Waals surface area contributed by atoms with E-state index in [4.69, 9.17) is 4.74 Å². The van der Waals surface area contributed by atoms with Crippen molar-refractivity contribution in [1.29, 1.82) is 0 Å². The summed E-state index contributed by atoms with van der Waals surface area (Å²) in [5.74, 6) is -1.95. The van der Waals surface area contributed by atoms with E-state index < -0.39 is 11.6 Å². The molecule has 0 saturated heterocycles. The molecule has 114 valence electrons. The van der Waals surface area contributed by atoms with Crippen LogP contribution < -0.4 is 0 Å². The Kier molecular flexibility index (Phi) is 5.27. The van der Waals surface area contributed by atoms with Crippen LogP contribution in [0.2, 0.25) is 0 Å². The molecule has 2 N–H and O–H groups in total. The Morgan fingerprint density at radius 1 is 1.33 bits per heavy atom. The van der Waals surface area contributed by atoms with Crippen molar-refractivity contribution < 1.29 is 24.1 Å². The third-order valence-corrected chi connectivity index (χ3v) is 2.87. The van der Waals surface area contributed by atoms with E-state index >= 15 is 0 Å². The van der Waals surface area contributed by atoms with Gasteiger partial charge in [0.15, 0.2) is 0 Å². The van der Waals surface area contributed by atoms with Gasteiger partial charge in [-0.15, -0.1) is 0 Å². The smallest absolute Gasteiger partial charge is 0.371 e. The van der Waals surface area contributed by atoms with Crippen molar-refractivity contribution in [1.82, 2.24) is 0 Å². The Labute approximate surface area is 123 Å². The molecule has 1 aromatic carbocycles. The van der Waals surface area contributed by atoms with Gasteiger partial charge in [0.25, 0.3) is 0 Å². The normalized spacial score (nSPS) is 12.6. The number of benzene rings is 1. The number of hydrogen-bond acceptors (Lipinski definition) is 3. The van der Waals surface area contributed by atoms with Crippen LogP contribution in [0.1, 0.15) is 26.3 Å². The van der Waals surface area contributed by atoms with Crippen molar-refractivity contribution >= 4 is 5.97 Å². The van der Waals surface area contributed by atoms with Crippen molar-refractivity contribution in [2.75, 3.05) is 0 Å². The Morgan fingerprint density at radius 2 is 1.86 bits per heavy atom. The zero-order valence-corrected chi connectivity index (χ0v) is 12.3. The van der Waals surface area contributed by atoms with Crippen LogP contribution in [0.4, 0.5) is 4.39 Å². The number of aliphatic hydroxyl groups is 1. The molecular formula is C16H19FO4. The summed E-state index contributed by atoms with van der Waals surface area (Å²) in [6, 6.07) is 5.76. The minimum absolute atomic E-state index is 0.0571. The monoisotopic (exact) mass is 294 g/mol. The number of aliphatic carboxylic acids is 1. The van der Waals surface area contributed by atoms with E-state index in [9.17, 15) is 19.4 Å². The highest BCUT2D eigenvalue weighted by Gasteiger charge is 2.24. The van der Waals surface area contributed by atoms with E-state index in [1.165, 1.54) is 26.0 Å². The van der Waals surface area contributed by atoms with Gasteiger partial charge in [0.2, 0.25) is 5.76 Å². The highest BCUT2D eigenvalue weighted by molar-refractivity contribution is 5.85. The summed E-state index contributed by atoms with van der Waals surface area (Å²) in [4.78, 5) is 11.3. The summed E-state index contributed by atoms with van der Waals surface area (Å²) in [6.45, 7) is 8.03. The topological polar surface area (TPSA) is 66.8 Å². The van der Waals surface area contributed by atoms with Crippen LogP contribution in [0, 0.1) is 5.82 Å². The maximum absolute atomic E-state index is 12.8. The third-order valence-electron chi connectivity index (χ3n) is 2.87. The van der Waals surface area contributed by atoms with Crippen LogP contribution in [0.25, 0.3) is 0 Å². The van der Waals surface area contributed by atoms with Crippen LogP contribution in [-0.2, 0) is 16.0 Å². The van der Waals surface area contributed by atoms with Crippen molar-refractivity contribution in [3.05, 3.63) is 59.3 Å². The number of carboxylic acid groups (broad SMARTS) is 1. The lowest BCUT2D eigenvalue weighted by Gasteiger charge is -2.21. The SMILES string of the molecule is C=C(O/C(C(=O)O)=C(\C)Cc1ccc(F)cc1)C(C)(C)O. The van der Waals surface area contributed by atoms with Crippen LogP contribution in [0.5, 0.6) is 0 Å². The lowest BCUT2D eigenvalue weighted by molar-refractivity contribution is -0.136. The second-order valence-corrected chi connectivity index (χ2v) is 5.30. The molecule has 0 saturated carbocycles. The van der Waals surface area contributed by atoms with Gasteiger partial charge >= 0.3 is 5.97 Å². The van der Waals surface area contributed by atoms with E-state index in [1.54, 1.807) is 19.1 Å². The van der Waals surface area contributed by atoms with Crippen LogP contribution >= 0.6 is 0 Å². The second kappa shape index (κ2) is 6.54. The van der Waals surface area contributed by atoms with Crippen molar-refractivity contribution in [3.8, 4) is 0 Å². The van der Waals surface area contributed by atoms with Gasteiger partial charge in [0.05, 0.1) is 0 Å². The molecule has 21 heavy (non-hydrogen) atoms. The lowest BCUT2D eigenvalue weighted by Crippen LogP contribution is -2.24. The Bertz CT molecular complexity index is 565. The Morgan fingerprint density at radius 3 is 2.29 bits per heavy atom. The third kappa shape index (κ3) is 5.04. The molecule has 0 heterocycles. The number of ether oxygens (including phenoxy) is 1. The average molecular weight is 294 g/mol. The lowest BCUT2D eigenvalue weighted by atomic mass is 10.0. The molecule has 0 fully saturated rings. The molecule has 0 aromatic heterocycles. The standard InChI is InChI=1S/C16H19FO4/c1-10(9-12-5-7-13(17)8-6-12)14(15(18)19)21-11(2)16(3,4)20/h5-8,20H,2,9H2,1,3-4H3,(H,18,19)/b14-10+. The van der Waals surface area contributed by atoms with Gasteiger partial charge in [-0.3, -0.25) is 0 Å². The second-order valence-electron chi connectivity index (χ2n) is 5.30. The van der Waals surface area contributed by atoms with Crippen LogP contribution in [-0.4, -0.2) is 21.8 Å². The van der Waals surface area contributed by atoms with Gasteiger partial charge in [-0.1, -0.05) is 18.7 Å². The number of hydrogen-bond donors (Lipinski definition) is 2. The van der Waals surface area contributed by atoms with Gasteiger partial charge in [-0.25, -0.2) is 9.18 Å². The maximum Gasteiger partial charge on any atom is 0.371 e. The number of halogens is 1. The minimum Gasteiger partial charge on any atom is -0.475 e. The molecule has 0 radical (unpaired) electrons. The quantitative estimate of drug-likeness (QED) is 0.625. The number of carbonyl (C=O) groups is 1. The molecule has 1 aromatic rings. The zero-order valence-electron chi connectivity index (χ0n) is 12.3. The summed E-state index contributed by atoms with van der Waals surface area (Å²) in [5.41, 5.74) is -0.152. The molecule has 5 heteroatoms. The summed E-state index contributed by atoms with van der Waals surface area (Å²) in [6.07, 6.45) is 0.293. The van der Waals surface area contributed by atoms with Gasteiger partial charge < -0.3 is 14.9 Å². The molecule has 0 unspecified atom stereocenters. The van der Waals surface area contributed by atoms with E-state index in [-0.39, 0.29) is 17.3 Å². The van der Waals surface area contributed by atoms with Gasteiger partial charge in [-0.2, -0.15) is 0 Å². The fraction of sp³-hybridized carbons (Fsp3) is 0.312. The predicted octanol–water partition coefficient (Wildman–Crippen LogP) is 3.03. The van der Waals surface area contributed by atoms with Gasteiger partial charge in [0.1, 0.15) is 17.2 Å². The largest absolute Gasteiger partial charge is 0.475 e. The van der Waals surface area contributed by atoms with Gasteiger partial charge in [0, 0.05) is 0 Å². The fourth-order valence-corrected chi connectivity index (χ4v) is 1.55. The number of rotatable bonds is 6. The molecule has 4 nitrogen and oxygen atoms in total. The summed E-state index contributed by atoms with van der Waals surface area (Å²) in [5, 5.41) is 19.0. The zero-order chi connectivity index (χ0) is 16.2. The molecule has 0 spiro atoms. The molecule has 0 aliphatic carbocycles.